The number of hydrogen-bond donors (Lipinski definition) is 1. The number of carbonyl (C=O) groups excluding carboxylic acids is 2. The molecule has 0 spiro atoms. The summed E-state index contributed by atoms with van der Waals surface area (Å²) in [6.45, 7) is 7.35. The number of amides is 2. The van der Waals surface area contributed by atoms with Crippen molar-refractivity contribution >= 4 is 12.3 Å². The van der Waals surface area contributed by atoms with Gasteiger partial charge >= 0.3 is 0 Å². The Labute approximate surface area is 113 Å². The number of imide groups is 1. The quantitative estimate of drug-likeness (QED) is 0.832. The van der Waals surface area contributed by atoms with Gasteiger partial charge in [-0.1, -0.05) is 32.9 Å². The van der Waals surface area contributed by atoms with Gasteiger partial charge in [-0.3, -0.25) is 14.9 Å². The molecule has 0 aliphatic carbocycles. The lowest BCUT2D eigenvalue weighted by Crippen LogP contribution is -2.32. The van der Waals surface area contributed by atoms with Gasteiger partial charge in [-0.2, -0.15) is 0 Å². The Balaban J connectivity index is 2.91. The summed E-state index contributed by atoms with van der Waals surface area (Å²) in [5, 5.41) is 2.13. The van der Waals surface area contributed by atoms with E-state index in [-0.39, 0.29) is 17.6 Å². The van der Waals surface area contributed by atoms with Gasteiger partial charge in [-0.05, 0) is 36.0 Å². The predicted molar refractivity (Wildman–Crippen MR) is 72.2 cm³/mol. The first-order valence-electron chi connectivity index (χ1n) is 6.28. The van der Waals surface area contributed by atoms with E-state index in [1.165, 1.54) is 6.07 Å². The molecule has 0 saturated heterocycles. The molecule has 0 fully saturated rings. The number of aryl methyl sites for hydroxylation is 1. The van der Waals surface area contributed by atoms with Gasteiger partial charge in [0.1, 0.15) is 5.82 Å². The normalized spacial score (nSPS) is 12.9. The molecule has 2 amide bonds. The summed E-state index contributed by atoms with van der Waals surface area (Å²) in [5.41, 5.74) is 0.977. The monoisotopic (exact) mass is 265 g/mol. The van der Waals surface area contributed by atoms with Crippen LogP contribution in [0.1, 0.15) is 38.3 Å². The van der Waals surface area contributed by atoms with Crippen molar-refractivity contribution in [1.82, 2.24) is 5.32 Å². The third-order valence-electron chi connectivity index (χ3n) is 3.32. The van der Waals surface area contributed by atoms with Gasteiger partial charge in [0.05, 0.1) is 0 Å². The summed E-state index contributed by atoms with van der Waals surface area (Å²) < 4.78 is 14.0. The lowest BCUT2D eigenvalue weighted by molar-refractivity contribution is -0.128. The first-order chi connectivity index (χ1) is 8.77. The van der Waals surface area contributed by atoms with Crippen LogP contribution >= 0.6 is 0 Å². The average molecular weight is 265 g/mol. The van der Waals surface area contributed by atoms with Crippen molar-refractivity contribution in [3.63, 3.8) is 0 Å². The van der Waals surface area contributed by atoms with E-state index >= 15 is 0 Å². The van der Waals surface area contributed by atoms with Crippen LogP contribution in [0.15, 0.2) is 18.2 Å². The van der Waals surface area contributed by atoms with E-state index < -0.39 is 5.41 Å². The highest BCUT2D eigenvalue weighted by molar-refractivity contribution is 5.87. The number of rotatable bonds is 5. The summed E-state index contributed by atoms with van der Waals surface area (Å²) in [7, 11) is 0. The minimum Gasteiger partial charge on any atom is -0.299 e. The molecule has 1 aromatic carbocycles. The zero-order valence-electron chi connectivity index (χ0n) is 11.8. The highest BCUT2D eigenvalue weighted by Crippen LogP contribution is 2.32. The van der Waals surface area contributed by atoms with Gasteiger partial charge in [0.25, 0.3) is 0 Å². The number of benzene rings is 1. The molecule has 0 heterocycles. The van der Waals surface area contributed by atoms with Crippen LogP contribution in [0.3, 0.4) is 0 Å². The second-order valence-electron chi connectivity index (χ2n) is 5.60. The number of nitrogens with one attached hydrogen (secondary N) is 1. The third-order valence-corrected chi connectivity index (χ3v) is 3.32. The van der Waals surface area contributed by atoms with Gasteiger partial charge in [0.15, 0.2) is 0 Å². The smallest absolute Gasteiger partial charge is 0.229 e. The third kappa shape index (κ3) is 3.88. The maximum atomic E-state index is 14.0. The Hall–Kier alpha value is -1.71. The molecule has 0 unspecified atom stereocenters. The fourth-order valence-electron chi connectivity index (χ4n) is 2.34. The van der Waals surface area contributed by atoms with Gasteiger partial charge in [-0.15, -0.1) is 0 Å². The van der Waals surface area contributed by atoms with Crippen molar-refractivity contribution in [2.75, 3.05) is 0 Å². The average Bonchev–Trinajstić information content (AvgIpc) is 2.27. The molecule has 4 heteroatoms. The zero-order chi connectivity index (χ0) is 14.6. The fraction of sp³-hybridized carbons (Fsp3) is 0.467. The minimum atomic E-state index is -0.475. The summed E-state index contributed by atoms with van der Waals surface area (Å²) >= 11 is 0. The molecule has 0 aromatic heterocycles. The maximum absolute atomic E-state index is 14.0. The van der Waals surface area contributed by atoms with E-state index in [9.17, 15) is 14.0 Å². The van der Waals surface area contributed by atoms with Gasteiger partial charge in [-0.25, -0.2) is 4.39 Å². The minimum absolute atomic E-state index is 0.256. The second kappa shape index (κ2) is 5.95. The Bertz CT molecular complexity index is 483. The molecule has 0 radical (unpaired) electrons. The number of carbonyl (C=O) groups is 2. The van der Waals surface area contributed by atoms with E-state index in [0.29, 0.717) is 18.4 Å². The van der Waals surface area contributed by atoms with Crippen molar-refractivity contribution in [2.24, 2.45) is 5.92 Å². The van der Waals surface area contributed by atoms with Gasteiger partial charge < -0.3 is 0 Å². The predicted octanol–water partition coefficient (Wildman–Crippen LogP) is 2.71. The molecule has 19 heavy (non-hydrogen) atoms. The van der Waals surface area contributed by atoms with Crippen molar-refractivity contribution in [2.45, 2.75) is 39.5 Å². The van der Waals surface area contributed by atoms with Crippen LogP contribution in [-0.4, -0.2) is 12.3 Å². The maximum Gasteiger partial charge on any atom is 0.229 e. The van der Waals surface area contributed by atoms with Crippen molar-refractivity contribution < 1.29 is 14.0 Å². The van der Waals surface area contributed by atoms with Crippen LogP contribution < -0.4 is 5.32 Å². The topological polar surface area (TPSA) is 46.2 Å². The van der Waals surface area contributed by atoms with Gasteiger partial charge in [0.2, 0.25) is 12.3 Å². The van der Waals surface area contributed by atoms with Crippen LogP contribution in [-0.2, 0) is 15.0 Å². The largest absolute Gasteiger partial charge is 0.299 e. The molecular formula is C15H20FNO2. The molecule has 104 valence electrons. The molecule has 1 rings (SSSR count). The Morgan fingerprint density at radius 2 is 2.11 bits per heavy atom. The first kappa shape index (κ1) is 15.3. The summed E-state index contributed by atoms with van der Waals surface area (Å²) in [6.07, 6.45) is 0.838. The van der Waals surface area contributed by atoms with Crippen LogP contribution in [0.2, 0.25) is 0 Å². The van der Waals surface area contributed by atoms with E-state index in [4.69, 9.17) is 0 Å². The summed E-state index contributed by atoms with van der Waals surface area (Å²) in [4.78, 5) is 21.8. The van der Waals surface area contributed by atoms with Crippen LogP contribution in [0.25, 0.3) is 0 Å². The highest BCUT2D eigenvalue weighted by atomic mass is 19.1. The van der Waals surface area contributed by atoms with Crippen LogP contribution in [0.5, 0.6) is 0 Å². The fourth-order valence-corrected chi connectivity index (χ4v) is 2.34. The van der Waals surface area contributed by atoms with E-state index in [0.717, 1.165) is 5.56 Å². The lowest BCUT2D eigenvalue weighted by Gasteiger charge is -2.28. The molecule has 1 aromatic rings. The summed E-state index contributed by atoms with van der Waals surface area (Å²) in [6, 6.07) is 5.11. The van der Waals surface area contributed by atoms with Crippen LogP contribution in [0.4, 0.5) is 4.39 Å². The second-order valence-corrected chi connectivity index (χ2v) is 5.60. The van der Waals surface area contributed by atoms with E-state index in [1.807, 2.05) is 26.8 Å². The van der Waals surface area contributed by atoms with Crippen molar-refractivity contribution in [3.05, 3.63) is 35.1 Å². The number of hydrogen-bond acceptors (Lipinski definition) is 2. The lowest BCUT2D eigenvalue weighted by atomic mass is 9.77. The van der Waals surface area contributed by atoms with Crippen molar-refractivity contribution in [1.29, 1.82) is 0 Å². The number of halogens is 1. The van der Waals surface area contributed by atoms with Crippen molar-refractivity contribution in [3.8, 4) is 0 Å². The standard InChI is InChI=1S/C15H20FNO2/c1-10-5-6-12(13(16)7-10)15(3,4)8-11(2)14(19)17-9-18/h5-7,9,11H,8H2,1-4H3,(H,17,18,19)/t11-/m1/s1. The zero-order valence-corrected chi connectivity index (χ0v) is 11.8. The molecule has 3 nitrogen and oxygen atoms in total. The van der Waals surface area contributed by atoms with Crippen LogP contribution in [0, 0.1) is 18.7 Å². The molecule has 0 bridgehead atoms. The van der Waals surface area contributed by atoms with Gasteiger partial charge in [0, 0.05) is 5.92 Å². The Morgan fingerprint density at radius 1 is 1.47 bits per heavy atom. The Kier molecular flexibility index (Phi) is 4.81. The van der Waals surface area contributed by atoms with E-state index in [1.54, 1.807) is 13.0 Å². The molecule has 0 aliphatic heterocycles. The molecule has 0 aliphatic rings. The molecule has 0 saturated carbocycles. The van der Waals surface area contributed by atoms with E-state index in [2.05, 4.69) is 5.32 Å². The summed E-state index contributed by atoms with van der Waals surface area (Å²) in [5.74, 6) is -0.954. The first-order valence-corrected chi connectivity index (χ1v) is 6.28. The SMILES string of the molecule is Cc1ccc(C(C)(C)C[C@@H](C)C(=O)NC=O)c(F)c1. The molecule has 1 N–H and O–H groups in total. The molecule has 1 atom stereocenters. The highest BCUT2D eigenvalue weighted by Gasteiger charge is 2.28. The molecular weight excluding hydrogens is 245 g/mol. The Morgan fingerprint density at radius 3 is 2.63 bits per heavy atom.